The van der Waals surface area contributed by atoms with E-state index >= 15 is 0 Å². The second kappa shape index (κ2) is 18.8. The molecule has 16 heteroatoms. The number of nitrogens with zero attached hydrogens (tertiary/aromatic N) is 6. The van der Waals surface area contributed by atoms with E-state index in [0.717, 1.165) is 30.0 Å². The van der Waals surface area contributed by atoms with Gasteiger partial charge in [0.25, 0.3) is 5.95 Å². The summed E-state index contributed by atoms with van der Waals surface area (Å²) in [6, 6.07) is 5.40. The summed E-state index contributed by atoms with van der Waals surface area (Å²) in [6.07, 6.45) is -5.42. The molecule has 0 fully saturated rings. The van der Waals surface area contributed by atoms with Crippen LogP contribution in [0.15, 0.2) is 67.6 Å². The Morgan fingerprint density at radius 1 is 0.979 bits per heavy atom. The number of rotatable bonds is 11. The number of anilines is 2. The maximum atomic E-state index is 13.8. The molecule has 0 saturated heterocycles. The van der Waals surface area contributed by atoms with Crippen molar-refractivity contribution < 1.29 is 39.5 Å². The lowest BCUT2D eigenvalue weighted by atomic mass is 9.95. The van der Waals surface area contributed by atoms with Crippen LogP contribution in [0.3, 0.4) is 0 Å². The van der Waals surface area contributed by atoms with Crippen LogP contribution in [0, 0.1) is 20.8 Å². The van der Waals surface area contributed by atoms with E-state index in [4.69, 9.17) is 0 Å². The van der Waals surface area contributed by atoms with Gasteiger partial charge in [-0.05, 0) is 80.1 Å². The molecule has 0 aliphatic heterocycles. The quantitative estimate of drug-likeness (QED) is 0.0935. The number of benzene rings is 1. The van der Waals surface area contributed by atoms with Crippen LogP contribution in [-0.4, -0.2) is 50.6 Å². The van der Waals surface area contributed by atoms with Gasteiger partial charge in [-0.3, -0.25) is 4.98 Å². The molecule has 48 heavy (non-hydrogen) atoms. The van der Waals surface area contributed by atoms with Crippen molar-refractivity contribution in [3.05, 3.63) is 95.4 Å². The van der Waals surface area contributed by atoms with E-state index < -0.39 is 36.1 Å². The number of hydrogen-bond acceptors (Lipinski definition) is 6. The van der Waals surface area contributed by atoms with Crippen LogP contribution < -0.4 is 10.2 Å². The first-order valence-corrected chi connectivity index (χ1v) is 14.6. The van der Waals surface area contributed by atoms with Crippen molar-refractivity contribution in [2.45, 2.75) is 72.0 Å². The topological polar surface area (TPSA) is 71.8 Å². The molecule has 7 nitrogen and oxygen atoms in total. The minimum absolute atomic E-state index is 0.251. The van der Waals surface area contributed by atoms with E-state index in [-0.39, 0.29) is 11.1 Å². The summed E-state index contributed by atoms with van der Waals surface area (Å²) >= 11 is 0. The number of halogens is 9. The van der Waals surface area contributed by atoms with Crippen LogP contribution in [-0.2, 0) is 19.8 Å². The van der Waals surface area contributed by atoms with Gasteiger partial charge < -0.3 is 10.2 Å². The normalized spacial score (nSPS) is 11.7. The highest BCUT2D eigenvalue weighted by Gasteiger charge is 2.36. The molecule has 0 saturated carbocycles. The van der Waals surface area contributed by atoms with Crippen LogP contribution in [0.1, 0.15) is 54.0 Å². The Balaban J connectivity index is 0.000000594. The third-order valence-corrected chi connectivity index (χ3v) is 6.50. The molecule has 0 unspecified atom stereocenters. The summed E-state index contributed by atoms with van der Waals surface area (Å²) in [5.41, 5.74) is 1.54. The zero-order valence-electron chi connectivity index (χ0n) is 27.4. The molecule has 0 atom stereocenters. The van der Waals surface area contributed by atoms with E-state index in [1.54, 1.807) is 39.4 Å². The summed E-state index contributed by atoms with van der Waals surface area (Å²) in [7, 11) is 1.69. The highest BCUT2D eigenvalue weighted by molar-refractivity contribution is 5.64. The molecule has 0 aliphatic rings. The molecule has 0 aliphatic carbocycles. The fourth-order valence-corrected chi connectivity index (χ4v) is 4.43. The molecule has 3 rings (SSSR count). The number of aryl methyl sites for hydroxylation is 3. The van der Waals surface area contributed by atoms with E-state index in [2.05, 4.69) is 38.9 Å². The van der Waals surface area contributed by atoms with Crippen molar-refractivity contribution in [3.8, 4) is 0 Å². The summed E-state index contributed by atoms with van der Waals surface area (Å²) in [5, 5.41) is 14.8. The first-order chi connectivity index (χ1) is 22.2. The molecule has 2 aromatic heterocycles. The maximum absolute atomic E-state index is 13.8. The predicted molar refractivity (Wildman–Crippen MR) is 168 cm³/mol. The fraction of sp³-hybridized carbons (Fsp3) is 0.438. The van der Waals surface area contributed by atoms with Crippen molar-refractivity contribution in [1.29, 1.82) is 0 Å². The molecule has 0 bridgehead atoms. The second-order valence-corrected chi connectivity index (χ2v) is 10.5. The SMILES string of the molecule is C/C=C/CC(F)(F)F.C=CC(=C)C(F)(F)F.Cc1cc(C)c(C(F)(F)F)c(C)c1N(CCCCNc1nnn(C)n1)Cc1ccncc1. The van der Waals surface area contributed by atoms with Gasteiger partial charge in [0.15, 0.2) is 0 Å². The third-order valence-electron chi connectivity index (χ3n) is 6.50. The average Bonchev–Trinajstić information content (AvgIpc) is 3.39. The first-order valence-electron chi connectivity index (χ1n) is 14.6. The van der Waals surface area contributed by atoms with Crippen molar-refractivity contribution in [2.75, 3.05) is 23.3 Å². The van der Waals surface area contributed by atoms with Crippen LogP contribution >= 0.6 is 0 Å². The summed E-state index contributed by atoms with van der Waals surface area (Å²) in [5.74, 6) is 0.459. The summed E-state index contributed by atoms with van der Waals surface area (Å²) in [6.45, 7) is 13.9. The largest absolute Gasteiger partial charge is 0.416 e. The number of tetrazole rings is 1. The predicted octanol–water partition coefficient (Wildman–Crippen LogP) is 9.25. The molecule has 1 aromatic carbocycles. The van der Waals surface area contributed by atoms with E-state index in [1.807, 2.05) is 24.0 Å². The molecular weight excluding hydrogens is 653 g/mol. The summed E-state index contributed by atoms with van der Waals surface area (Å²) < 4.78 is 109. The van der Waals surface area contributed by atoms with E-state index in [0.29, 0.717) is 37.3 Å². The smallest absolute Gasteiger partial charge is 0.367 e. The Bertz CT molecular complexity index is 1460. The van der Waals surface area contributed by atoms with Gasteiger partial charge in [0.05, 0.1) is 19.0 Å². The highest BCUT2D eigenvalue weighted by Crippen LogP contribution is 2.40. The van der Waals surface area contributed by atoms with Gasteiger partial charge >= 0.3 is 18.5 Å². The van der Waals surface area contributed by atoms with Gasteiger partial charge in [0, 0.05) is 43.3 Å². The standard InChI is InChI=1S/C22H28F3N7.C5H5F3.C5H7F3/c1-15-13-16(2)20(17(3)19(15)22(23,24)25)32(14-18-7-10-26-11-8-18)12-6-5-9-27-21-28-30-31(4)29-21;1-3-4(2)5(6,7)8;1-2-3-4-5(6,7)8/h7-8,10-11,13H,5-6,9,12,14H2,1-4H3,(H,27,29);3H,1-2H2;2-3H,4H2,1H3/b;;3-2+. The van der Waals surface area contributed by atoms with Crippen LogP contribution in [0.2, 0.25) is 0 Å². The van der Waals surface area contributed by atoms with E-state index in [9.17, 15) is 39.5 Å². The average molecular weight is 694 g/mol. The highest BCUT2D eigenvalue weighted by atomic mass is 19.4. The number of hydrogen-bond donors (Lipinski definition) is 1. The minimum Gasteiger partial charge on any atom is -0.367 e. The lowest BCUT2D eigenvalue weighted by molar-refractivity contribution is -0.138. The maximum Gasteiger partial charge on any atom is 0.416 e. The monoisotopic (exact) mass is 693 g/mol. The fourth-order valence-electron chi connectivity index (χ4n) is 4.43. The molecule has 1 N–H and O–H groups in total. The lowest BCUT2D eigenvalue weighted by Crippen LogP contribution is -2.27. The van der Waals surface area contributed by atoms with Gasteiger partial charge in [-0.25, -0.2) is 0 Å². The van der Waals surface area contributed by atoms with Crippen molar-refractivity contribution >= 4 is 11.6 Å². The van der Waals surface area contributed by atoms with Gasteiger partial charge in [-0.1, -0.05) is 42.6 Å². The van der Waals surface area contributed by atoms with Crippen molar-refractivity contribution in [1.82, 2.24) is 25.2 Å². The number of pyridine rings is 1. The Morgan fingerprint density at radius 2 is 1.60 bits per heavy atom. The molecular formula is C32H40F9N7. The van der Waals surface area contributed by atoms with Crippen LogP contribution in [0.4, 0.5) is 51.1 Å². The second-order valence-electron chi connectivity index (χ2n) is 10.5. The number of aromatic nitrogens is 5. The van der Waals surface area contributed by atoms with Gasteiger partial charge in [0.2, 0.25) is 0 Å². The molecule has 266 valence electrons. The van der Waals surface area contributed by atoms with Gasteiger partial charge in [-0.15, -0.1) is 5.10 Å². The third kappa shape index (κ3) is 15.0. The molecule has 0 spiro atoms. The number of nitrogens with one attached hydrogen (secondary N) is 1. The number of allylic oxidation sites excluding steroid dienone is 4. The van der Waals surface area contributed by atoms with Crippen LogP contribution in [0.25, 0.3) is 0 Å². The Labute approximate surface area is 274 Å². The Morgan fingerprint density at radius 3 is 2.04 bits per heavy atom. The number of unbranched alkanes of at least 4 members (excludes halogenated alkanes) is 1. The van der Waals surface area contributed by atoms with E-state index in [1.165, 1.54) is 17.8 Å². The molecule has 0 radical (unpaired) electrons. The lowest BCUT2D eigenvalue weighted by Gasteiger charge is -2.30. The van der Waals surface area contributed by atoms with Crippen molar-refractivity contribution in [3.63, 3.8) is 0 Å². The zero-order valence-corrected chi connectivity index (χ0v) is 27.4. The molecule has 2 heterocycles. The first kappa shape index (κ1) is 41.7. The van der Waals surface area contributed by atoms with Crippen molar-refractivity contribution in [2.24, 2.45) is 7.05 Å². The molecule has 0 amide bonds. The number of alkyl halides is 9. The summed E-state index contributed by atoms with van der Waals surface area (Å²) in [4.78, 5) is 7.45. The molecule has 3 aromatic rings. The van der Waals surface area contributed by atoms with Crippen LogP contribution in [0.5, 0.6) is 0 Å². The van der Waals surface area contributed by atoms with Gasteiger partial charge in [-0.2, -0.15) is 44.3 Å². The Kier molecular flexibility index (Phi) is 16.3. The zero-order chi connectivity index (χ0) is 36.7. The minimum atomic E-state index is -4.40. The Hall–Kier alpha value is -4.37. The van der Waals surface area contributed by atoms with Gasteiger partial charge in [0.1, 0.15) is 0 Å².